The zero-order valence-electron chi connectivity index (χ0n) is 16.2. The molecule has 1 unspecified atom stereocenters. The van der Waals surface area contributed by atoms with Gasteiger partial charge in [-0.05, 0) is 61.5 Å². The van der Waals surface area contributed by atoms with Crippen molar-refractivity contribution < 1.29 is 27.5 Å². The van der Waals surface area contributed by atoms with Gasteiger partial charge >= 0.3 is 6.03 Å². The normalized spacial score (nSPS) is 16.1. The molecule has 10 nitrogen and oxygen atoms in total. The molecule has 3 amide bonds. The van der Waals surface area contributed by atoms with Gasteiger partial charge in [0.15, 0.2) is 6.17 Å². The third kappa shape index (κ3) is 5.69. The van der Waals surface area contributed by atoms with Gasteiger partial charge in [-0.15, -0.1) is 0 Å². The van der Waals surface area contributed by atoms with E-state index < -0.39 is 28.1 Å². The van der Waals surface area contributed by atoms with E-state index in [4.69, 9.17) is 9.47 Å². The zero-order chi connectivity index (χ0) is 21.6. The fourth-order valence-electron chi connectivity index (χ4n) is 2.65. The van der Waals surface area contributed by atoms with Crippen molar-refractivity contribution in [3.63, 3.8) is 0 Å². The van der Waals surface area contributed by atoms with Gasteiger partial charge in [0.2, 0.25) is 10.0 Å². The van der Waals surface area contributed by atoms with Gasteiger partial charge in [0.05, 0.1) is 12.0 Å². The number of hydrogen-bond donors (Lipinski definition) is 4. The first-order chi connectivity index (χ1) is 14.4. The van der Waals surface area contributed by atoms with E-state index in [1.54, 1.807) is 43.5 Å². The highest BCUT2D eigenvalue weighted by Gasteiger charge is 2.28. The first kappa shape index (κ1) is 21.6. The molecule has 2 aromatic carbocycles. The second-order valence-electron chi connectivity index (χ2n) is 6.35. The first-order valence-electron chi connectivity index (χ1n) is 9.14. The summed E-state index contributed by atoms with van der Waals surface area (Å²) in [5.74, 6) is 1.35. The summed E-state index contributed by atoms with van der Waals surface area (Å²) >= 11 is 0. The predicted octanol–water partition coefficient (Wildman–Crippen LogP) is 0.911. The summed E-state index contributed by atoms with van der Waals surface area (Å²) in [4.78, 5) is 22.5. The zero-order valence-corrected chi connectivity index (χ0v) is 17.0. The lowest BCUT2D eigenvalue weighted by molar-refractivity contribution is -0.120. The summed E-state index contributed by atoms with van der Waals surface area (Å²) in [5.41, 5.74) is 0. The Labute approximate surface area is 174 Å². The Kier molecular flexibility index (Phi) is 6.87. The molecule has 0 aromatic heterocycles. The molecule has 1 heterocycles. The van der Waals surface area contributed by atoms with Crippen molar-refractivity contribution in [3.8, 4) is 17.2 Å². The SMILES string of the molecule is COc1ccc(Oc2ccc(S(=O)(=O)NCCCNC3NC(=O)NC3=O)cc2)cc1. The highest BCUT2D eigenvalue weighted by molar-refractivity contribution is 7.89. The lowest BCUT2D eigenvalue weighted by Crippen LogP contribution is -2.44. The van der Waals surface area contributed by atoms with Gasteiger partial charge in [-0.1, -0.05) is 0 Å². The molecule has 0 aliphatic carbocycles. The second-order valence-corrected chi connectivity index (χ2v) is 8.12. The van der Waals surface area contributed by atoms with E-state index in [0.717, 1.165) is 0 Å². The molecular weight excluding hydrogens is 412 g/mol. The van der Waals surface area contributed by atoms with Crippen LogP contribution in [0.3, 0.4) is 0 Å². The number of ether oxygens (including phenoxy) is 2. The van der Waals surface area contributed by atoms with Crippen LogP contribution >= 0.6 is 0 Å². The van der Waals surface area contributed by atoms with Crippen LogP contribution in [0.15, 0.2) is 53.4 Å². The van der Waals surface area contributed by atoms with Crippen LogP contribution < -0.4 is 30.1 Å². The molecule has 11 heteroatoms. The number of urea groups is 1. The standard InChI is InChI=1S/C19H22N4O6S/c1-28-13-3-5-14(6-4-13)29-15-7-9-16(10-8-15)30(26,27)21-12-2-11-20-17-18(24)23-19(25)22-17/h3-10,17,20-21H,2,11-12H2,1H3,(H2,22,23,24,25). The average Bonchev–Trinajstić information content (AvgIpc) is 3.05. The van der Waals surface area contributed by atoms with Crippen molar-refractivity contribution in [2.45, 2.75) is 17.5 Å². The largest absolute Gasteiger partial charge is 0.497 e. The summed E-state index contributed by atoms with van der Waals surface area (Å²) in [6.07, 6.45) is -0.371. The van der Waals surface area contributed by atoms with Crippen molar-refractivity contribution >= 4 is 22.0 Å². The first-order valence-corrected chi connectivity index (χ1v) is 10.6. The van der Waals surface area contributed by atoms with E-state index in [1.807, 2.05) is 0 Å². The van der Waals surface area contributed by atoms with E-state index in [-0.39, 0.29) is 11.4 Å². The quantitative estimate of drug-likeness (QED) is 0.322. The molecule has 160 valence electrons. The number of carbonyl (C=O) groups excluding carboxylic acids is 2. The number of rotatable bonds is 10. The second kappa shape index (κ2) is 9.57. The molecule has 0 spiro atoms. The fraction of sp³-hybridized carbons (Fsp3) is 0.263. The van der Waals surface area contributed by atoms with Crippen molar-refractivity contribution in [1.82, 2.24) is 20.7 Å². The van der Waals surface area contributed by atoms with E-state index in [1.165, 1.54) is 12.1 Å². The summed E-state index contributed by atoms with van der Waals surface area (Å²) < 4.78 is 38.0. The maximum atomic E-state index is 12.4. The lowest BCUT2D eigenvalue weighted by atomic mass is 10.3. The van der Waals surface area contributed by atoms with Crippen LogP contribution in [0.25, 0.3) is 0 Å². The molecule has 2 aromatic rings. The van der Waals surface area contributed by atoms with E-state index >= 15 is 0 Å². The fourth-order valence-corrected chi connectivity index (χ4v) is 3.73. The average molecular weight is 434 g/mol. The van der Waals surface area contributed by atoms with Crippen LogP contribution in [0, 0.1) is 0 Å². The van der Waals surface area contributed by atoms with Gasteiger partial charge < -0.3 is 14.8 Å². The van der Waals surface area contributed by atoms with Gasteiger partial charge in [0.25, 0.3) is 5.91 Å². The van der Waals surface area contributed by atoms with E-state index in [2.05, 4.69) is 20.7 Å². The highest BCUT2D eigenvalue weighted by atomic mass is 32.2. The van der Waals surface area contributed by atoms with Gasteiger partial charge in [-0.2, -0.15) is 0 Å². The Morgan fingerprint density at radius 2 is 1.53 bits per heavy atom. The number of carbonyl (C=O) groups is 2. The van der Waals surface area contributed by atoms with Crippen LogP contribution in [0.4, 0.5) is 4.79 Å². The van der Waals surface area contributed by atoms with Gasteiger partial charge in [-0.3, -0.25) is 15.4 Å². The monoisotopic (exact) mass is 434 g/mol. The van der Waals surface area contributed by atoms with Crippen LogP contribution in [-0.4, -0.2) is 46.7 Å². The predicted molar refractivity (Wildman–Crippen MR) is 108 cm³/mol. The molecule has 1 fully saturated rings. The highest BCUT2D eigenvalue weighted by Crippen LogP contribution is 2.24. The molecule has 1 atom stereocenters. The molecule has 3 rings (SSSR count). The Hall–Kier alpha value is -3.15. The number of hydrogen-bond acceptors (Lipinski definition) is 7. The molecule has 0 bridgehead atoms. The van der Waals surface area contributed by atoms with Crippen molar-refractivity contribution in [2.75, 3.05) is 20.2 Å². The molecule has 4 N–H and O–H groups in total. The Bertz CT molecular complexity index is 993. The summed E-state index contributed by atoms with van der Waals surface area (Å²) in [5, 5.41) is 7.32. The number of methoxy groups -OCH3 is 1. The van der Waals surface area contributed by atoms with Gasteiger partial charge in [-0.25, -0.2) is 17.9 Å². The van der Waals surface area contributed by atoms with Crippen LogP contribution in [-0.2, 0) is 14.8 Å². The Balaban J connectivity index is 1.46. The van der Waals surface area contributed by atoms with Crippen molar-refractivity contribution in [1.29, 1.82) is 0 Å². The number of nitrogens with one attached hydrogen (secondary N) is 4. The Morgan fingerprint density at radius 1 is 0.933 bits per heavy atom. The van der Waals surface area contributed by atoms with Crippen molar-refractivity contribution in [3.05, 3.63) is 48.5 Å². The molecule has 1 aliphatic rings. The smallest absolute Gasteiger partial charge is 0.323 e. The minimum atomic E-state index is -3.68. The maximum absolute atomic E-state index is 12.4. The van der Waals surface area contributed by atoms with E-state index in [9.17, 15) is 18.0 Å². The third-order valence-corrected chi connectivity index (χ3v) is 5.67. The molecule has 30 heavy (non-hydrogen) atoms. The van der Waals surface area contributed by atoms with E-state index in [0.29, 0.717) is 30.2 Å². The molecule has 1 saturated heterocycles. The Morgan fingerprint density at radius 3 is 2.10 bits per heavy atom. The third-order valence-electron chi connectivity index (χ3n) is 4.20. The lowest BCUT2D eigenvalue weighted by Gasteiger charge is -2.11. The maximum Gasteiger partial charge on any atom is 0.323 e. The summed E-state index contributed by atoms with van der Waals surface area (Å²) in [6.45, 7) is 0.511. The summed E-state index contributed by atoms with van der Waals surface area (Å²) in [6, 6.07) is 12.5. The van der Waals surface area contributed by atoms with Crippen molar-refractivity contribution in [2.24, 2.45) is 0 Å². The number of sulfonamides is 1. The topological polar surface area (TPSA) is 135 Å². The number of benzene rings is 2. The van der Waals surface area contributed by atoms with Gasteiger partial charge in [0.1, 0.15) is 17.2 Å². The summed E-state index contributed by atoms with van der Waals surface area (Å²) in [7, 11) is -2.10. The minimum Gasteiger partial charge on any atom is -0.497 e. The van der Waals surface area contributed by atoms with Crippen LogP contribution in [0.1, 0.15) is 6.42 Å². The minimum absolute atomic E-state index is 0.111. The molecule has 1 aliphatic heterocycles. The van der Waals surface area contributed by atoms with Gasteiger partial charge in [0, 0.05) is 6.54 Å². The molecular formula is C19H22N4O6S. The number of imide groups is 1. The molecule has 0 saturated carbocycles. The number of amides is 3. The van der Waals surface area contributed by atoms with Crippen LogP contribution in [0.2, 0.25) is 0 Å². The molecule has 0 radical (unpaired) electrons. The van der Waals surface area contributed by atoms with Crippen LogP contribution in [0.5, 0.6) is 17.2 Å².